The zero-order chi connectivity index (χ0) is 19.2. The molecule has 0 spiro atoms. The lowest BCUT2D eigenvalue weighted by Gasteiger charge is -2.09. The number of Topliss-reactive ketones (excluding diaryl/α,β-unsaturated/α-hetero) is 2. The number of hydrogen-bond donors (Lipinski definition) is 2. The van der Waals surface area contributed by atoms with Crippen molar-refractivity contribution in [2.45, 2.75) is 27.7 Å². The molecule has 0 saturated carbocycles. The number of aryl methyl sites for hydroxylation is 2. The van der Waals surface area contributed by atoms with Crippen molar-refractivity contribution in [3.8, 4) is 23.1 Å². The van der Waals surface area contributed by atoms with Gasteiger partial charge < -0.3 is 10.2 Å². The number of hydrogen-bond acceptors (Lipinski definition) is 4. The molecule has 6 heteroatoms. The fourth-order valence-corrected chi connectivity index (χ4v) is 3.27. The maximum atomic E-state index is 11.7. The number of nitrogens with zero attached hydrogens (tertiary/aromatic N) is 2. The van der Waals surface area contributed by atoms with E-state index in [-0.39, 0.29) is 23.3 Å². The molecule has 0 unspecified atom stereocenters. The minimum Gasteiger partial charge on any atom is -0.494 e. The van der Waals surface area contributed by atoms with Crippen LogP contribution in [0.25, 0.3) is 11.4 Å². The zero-order valence-corrected chi connectivity index (χ0v) is 15.1. The van der Waals surface area contributed by atoms with Gasteiger partial charge in [-0.3, -0.25) is 18.7 Å². The lowest BCUT2D eigenvalue weighted by Crippen LogP contribution is -1.97. The average molecular weight is 352 g/mol. The lowest BCUT2D eigenvalue weighted by atomic mass is 10.1. The summed E-state index contributed by atoms with van der Waals surface area (Å²) < 4.78 is 3.08. The van der Waals surface area contributed by atoms with Gasteiger partial charge in [-0.2, -0.15) is 0 Å². The molecular weight excluding hydrogens is 332 g/mol. The largest absolute Gasteiger partial charge is 0.494 e. The van der Waals surface area contributed by atoms with Crippen LogP contribution in [0, 0.1) is 13.8 Å². The van der Waals surface area contributed by atoms with Crippen molar-refractivity contribution in [3.63, 3.8) is 0 Å². The number of aromatic hydroxyl groups is 2. The smallest absolute Gasteiger partial charge is 0.207 e. The van der Waals surface area contributed by atoms with Crippen molar-refractivity contribution in [3.05, 3.63) is 58.9 Å². The van der Waals surface area contributed by atoms with Crippen LogP contribution in [-0.2, 0) is 0 Å². The first-order valence-corrected chi connectivity index (χ1v) is 8.17. The van der Waals surface area contributed by atoms with E-state index in [9.17, 15) is 19.8 Å². The maximum absolute atomic E-state index is 11.7. The summed E-state index contributed by atoms with van der Waals surface area (Å²) in [5, 5.41) is 20.6. The Labute approximate surface area is 150 Å². The molecule has 134 valence electrons. The van der Waals surface area contributed by atoms with Gasteiger partial charge in [0.15, 0.2) is 11.6 Å². The third kappa shape index (κ3) is 2.69. The number of aromatic nitrogens is 2. The average Bonchev–Trinajstić information content (AvgIpc) is 3.03. The Bertz CT molecular complexity index is 940. The number of carbonyl (C=O) groups excluding carboxylic acids is 2. The highest BCUT2D eigenvalue weighted by Gasteiger charge is 2.19. The lowest BCUT2D eigenvalue weighted by molar-refractivity contribution is 0.100. The van der Waals surface area contributed by atoms with E-state index in [2.05, 4.69) is 0 Å². The Kier molecular flexibility index (Phi) is 4.20. The van der Waals surface area contributed by atoms with Gasteiger partial charge in [0.1, 0.15) is 0 Å². The molecule has 2 aromatic heterocycles. The molecule has 1 aromatic carbocycles. The van der Waals surface area contributed by atoms with Crippen LogP contribution in [0.5, 0.6) is 11.8 Å². The van der Waals surface area contributed by atoms with E-state index in [0.717, 1.165) is 0 Å². The fraction of sp³-hybridized carbons (Fsp3) is 0.200. The Morgan fingerprint density at radius 1 is 0.731 bits per heavy atom. The first-order valence-electron chi connectivity index (χ1n) is 8.17. The van der Waals surface area contributed by atoms with E-state index in [0.29, 0.717) is 33.6 Å². The van der Waals surface area contributed by atoms with Crippen molar-refractivity contribution >= 4 is 11.6 Å². The molecule has 0 saturated heterocycles. The molecule has 0 radical (unpaired) electrons. The minimum absolute atomic E-state index is 0.0960. The number of ketones is 2. The molecule has 0 bridgehead atoms. The Morgan fingerprint density at radius 3 is 1.27 bits per heavy atom. The maximum Gasteiger partial charge on any atom is 0.207 e. The molecule has 0 aliphatic heterocycles. The minimum atomic E-state index is -0.195. The molecule has 2 N–H and O–H groups in total. The third-order valence-corrected chi connectivity index (χ3v) is 4.45. The Hall–Kier alpha value is -3.28. The molecule has 0 aliphatic carbocycles. The van der Waals surface area contributed by atoms with Crippen molar-refractivity contribution < 1.29 is 19.8 Å². The van der Waals surface area contributed by atoms with Gasteiger partial charge in [-0.25, -0.2) is 0 Å². The van der Waals surface area contributed by atoms with Crippen molar-refractivity contribution in [2.75, 3.05) is 0 Å². The molecule has 2 heterocycles. The van der Waals surface area contributed by atoms with Gasteiger partial charge in [-0.05, 0) is 63.1 Å². The van der Waals surface area contributed by atoms with E-state index in [1.807, 2.05) is 0 Å². The van der Waals surface area contributed by atoms with E-state index in [1.165, 1.54) is 23.0 Å². The van der Waals surface area contributed by atoms with Crippen LogP contribution in [0.4, 0.5) is 0 Å². The fourth-order valence-electron chi connectivity index (χ4n) is 3.27. The predicted molar refractivity (Wildman–Crippen MR) is 97.9 cm³/mol. The van der Waals surface area contributed by atoms with E-state index in [1.54, 1.807) is 50.5 Å². The second-order valence-electron chi connectivity index (χ2n) is 6.39. The second kappa shape index (κ2) is 6.22. The quantitative estimate of drug-likeness (QED) is 0.701. The monoisotopic (exact) mass is 352 g/mol. The van der Waals surface area contributed by atoms with Crippen LogP contribution < -0.4 is 0 Å². The summed E-state index contributed by atoms with van der Waals surface area (Å²) in [4.78, 5) is 23.3. The molecule has 0 amide bonds. The van der Waals surface area contributed by atoms with Gasteiger partial charge in [-0.15, -0.1) is 0 Å². The molecule has 0 aliphatic rings. The van der Waals surface area contributed by atoms with Crippen molar-refractivity contribution in [1.82, 2.24) is 9.13 Å². The summed E-state index contributed by atoms with van der Waals surface area (Å²) >= 11 is 0. The topological polar surface area (TPSA) is 84.5 Å². The molecule has 3 rings (SSSR count). The molecule has 0 atom stereocenters. The summed E-state index contributed by atoms with van der Waals surface area (Å²) in [6, 6.07) is 7.06. The van der Waals surface area contributed by atoms with E-state index < -0.39 is 0 Å². The van der Waals surface area contributed by atoms with Gasteiger partial charge in [0, 0.05) is 23.8 Å². The second-order valence-corrected chi connectivity index (χ2v) is 6.39. The third-order valence-electron chi connectivity index (χ3n) is 4.45. The standard InChI is InChI=1S/C20H20N2O4/c1-11-9-21(19(25)17(11)13(3)23)15-5-7-16(8-6-15)22-10-12(2)18(14(4)24)20(22)26/h5-10,25-26H,1-4H3. The normalized spacial score (nSPS) is 10.9. The van der Waals surface area contributed by atoms with Crippen LogP contribution in [0.1, 0.15) is 45.7 Å². The summed E-state index contributed by atoms with van der Waals surface area (Å²) in [5.74, 6) is -0.581. The summed E-state index contributed by atoms with van der Waals surface area (Å²) in [7, 11) is 0. The van der Waals surface area contributed by atoms with Gasteiger partial charge in [0.2, 0.25) is 11.8 Å². The highest BCUT2D eigenvalue weighted by atomic mass is 16.3. The van der Waals surface area contributed by atoms with Crippen LogP contribution >= 0.6 is 0 Å². The highest BCUT2D eigenvalue weighted by Crippen LogP contribution is 2.30. The number of rotatable bonds is 4. The van der Waals surface area contributed by atoms with Gasteiger partial charge >= 0.3 is 0 Å². The number of carbonyl (C=O) groups is 2. The first-order chi connectivity index (χ1) is 12.2. The molecular formula is C20H20N2O4. The van der Waals surface area contributed by atoms with Crippen molar-refractivity contribution in [1.29, 1.82) is 0 Å². The SMILES string of the molecule is CC(=O)c1c(C)cn(-c2ccc(-n3cc(C)c(C(C)=O)c3O)cc2)c1O. The Balaban J connectivity index is 2.03. The summed E-state index contributed by atoms with van der Waals surface area (Å²) in [6.07, 6.45) is 3.40. The molecule has 26 heavy (non-hydrogen) atoms. The van der Waals surface area contributed by atoms with Crippen LogP contribution in [0.3, 0.4) is 0 Å². The van der Waals surface area contributed by atoms with Gasteiger partial charge in [0.25, 0.3) is 0 Å². The Morgan fingerprint density at radius 2 is 1.04 bits per heavy atom. The van der Waals surface area contributed by atoms with E-state index in [4.69, 9.17) is 0 Å². The predicted octanol–water partition coefficient (Wildman–Crippen LogP) is 3.70. The summed E-state index contributed by atoms with van der Waals surface area (Å²) in [6.45, 7) is 6.37. The van der Waals surface area contributed by atoms with Gasteiger partial charge in [-0.1, -0.05) is 0 Å². The highest BCUT2D eigenvalue weighted by molar-refractivity contribution is 5.98. The van der Waals surface area contributed by atoms with Crippen LogP contribution in [-0.4, -0.2) is 30.9 Å². The van der Waals surface area contributed by atoms with Crippen LogP contribution in [0.15, 0.2) is 36.7 Å². The number of benzene rings is 1. The van der Waals surface area contributed by atoms with Gasteiger partial charge in [0.05, 0.1) is 11.1 Å². The van der Waals surface area contributed by atoms with Crippen LogP contribution in [0.2, 0.25) is 0 Å². The first kappa shape index (κ1) is 17.5. The summed E-state index contributed by atoms with van der Waals surface area (Å²) in [5.41, 5.74) is 3.36. The molecule has 0 fully saturated rings. The van der Waals surface area contributed by atoms with Crippen molar-refractivity contribution in [2.24, 2.45) is 0 Å². The van der Waals surface area contributed by atoms with E-state index >= 15 is 0 Å². The zero-order valence-electron chi connectivity index (χ0n) is 15.1. The molecule has 3 aromatic rings. The molecule has 6 nitrogen and oxygen atoms in total.